The quantitative estimate of drug-likeness (QED) is 0.743. The highest BCUT2D eigenvalue weighted by Gasteiger charge is 2.43. The predicted octanol–water partition coefficient (Wildman–Crippen LogP) is 4.05. The van der Waals surface area contributed by atoms with E-state index >= 15 is 0 Å². The number of rotatable bonds is 5. The Balaban J connectivity index is 1.41. The Labute approximate surface area is 158 Å². The lowest BCUT2D eigenvalue weighted by molar-refractivity contribution is -0.122. The molecular weight excluding hydrogens is 341 g/mol. The Hall–Kier alpha value is -2.95. The van der Waals surface area contributed by atoms with Gasteiger partial charge in [0.05, 0.1) is 11.4 Å². The maximum absolute atomic E-state index is 13.0. The number of nitrogens with zero attached hydrogens (tertiary/aromatic N) is 2. The molecule has 2 aromatic carbocycles. The van der Waals surface area contributed by atoms with Gasteiger partial charge in [-0.2, -0.15) is 5.10 Å². The second-order valence-electron chi connectivity index (χ2n) is 7.11. The second kappa shape index (κ2) is 6.99. The van der Waals surface area contributed by atoms with Crippen LogP contribution in [0.5, 0.6) is 0 Å². The minimum Gasteiger partial charge on any atom is -0.352 e. The van der Waals surface area contributed by atoms with E-state index in [0.717, 1.165) is 34.6 Å². The molecule has 1 amide bonds. The third-order valence-corrected chi connectivity index (χ3v) is 5.31. The molecule has 2 unspecified atom stereocenters. The van der Waals surface area contributed by atoms with E-state index in [1.54, 1.807) is 12.1 Å². The third kappa shape index (κ3) is 3.50. The van der Waals surface area contributed by atoms with Gasteiger partial charge in [-0.15, -0.1) is 0 Å². The van der Waals surface area contributed by atoms with Crippen LogP contribution >= 0.6 is 0 Å². The van der Waals surface area contributed by atoms with Gasteiger partial charge < -0.3 is 5.32 Å². The predicted molar refractivity (Wildman–Crippen MR) is 102 cm³/mol. The standard InChI is InChI=1S/C22H22FN3O/c1-14-21(15(2)26(25-14)18-6-4-3-5-7-18)13-24-22(27)20-12-19(20)16-8-10-17(23)11-9-16/h3-11,19-20H,12-13H2,1-2H3,(H,24,27). The van der Waals surface area contributed by atoms with Crippen molar-refractivity contribution in [2.75, 3.05) is 0 Å². The number of aryl methyl sites for hydroxylation is 1. The molecule has 0 aliphatic heterocycles. The van der Waals surface area contributed by atoms with Gasteiger partial charge >= 0.3 is 0 Å². The van der Waals surface area contributed by atoms with Crippen LogP contribution < -0.4 is 5.32 Å². The first kappa shape index (κ1) is 17.5. The molecule has 1 heterocycles. The Morgan fingerprint density at radius 3 is 2.56 bits per heavy atom. The highest BCUT2D eigenvalue weighted by atomic mass is 19.1. The zero-order chi connectivity index (χ0) is 19.0. The number of carbonyl (C=O) groups is 1. The fraction of sp³-hybridized carbons (Fsp3) is 0.273. The largest absolute Gasteiger partial charge is 0.352 e. The Morgan fingerprint density at radius 1 is 1.15 bits per heavy atom. The number of benzene rings is 2. The van der Waals surface area contributed by atoms with Crippen molar-refractivity contribution in [3.05, 3.63) is 82.9 Å². The molecule has 0 spiro atoms. The average Bonchev–Trinajstić information content (AvgIpc) is 3.42. The highest BCUT2D eigenvalue weighted by molar-refractivity contribution is 5.82. The number of nitrogens with one attached hydrogen (secondary N) is 1. The third-order valence-electron chi connectivity index (χ3n) is 5.31. The number of amides is 1. The van der Waals surface area contributed by atoms with E-state index in [9.17, 15) is 9.18 Å². The van der Waals surface area contributed by atoms with Gasteiger partial charge in [0, 0.05) is 23.7 Å². The molecule has 1 aromatic heterocycles. The molecule has 0 radical (unpaired) electrons. The van der Waals surface area contributed by atoms with Crippen LogP contribution in [0, 0.1) is 25.6 Å². The summed E-state index contributed by atoms with van der Waals surface area (Å²) >= 11 is 0. The zero-order valence-electron chi connectivity index (χ0n) is 15.4. The van der Waals surface area contributed by atoms with Crippen LogP contribution in [0.1, 0.15) is 34.9 Å². The number of hydrogen-bond acceptors (Lipinski definition) is 2. The molecule has 1 aliphatic carbocycles. The van der Waals surface area contributed by atoms with Crippen LogP contribution in [0.4, 0.5) is 4.39 Å². The van der Waals surface area contributed by atoms with Gasteiger partial charge in [0.1, 0.15) is 5.82 Å². The lowest BCUT2D eigenvalue weighted by Gasteiger charge is -2.07. The summed E-state index contributed by atoms with van der Waals surface area (Å²) in [5.74, 6) is -0.0301. The van der Waals surface area contributed by atoms with Gasteiger partial charge in [0.15, 0.2) is 0 Å². The fourth-order valence-electron chi connectivity index (χ4n) is 3.62. The molecule has 1 N–H and O–H groups in total. The van der Waals surface area contributed by atoms with E-state index in [4.69, 9.17) is 0 Å². The van der Waals surface area contributed by atoms with E-state index in [2.05, 4.69) is 10.4 Å². The molecule has 0 saturated heterocycles. The molecule has 138 valence electrons. The average molecular weight is 363 g/mol. The summed E-state index contributed by atoms with van der Waals surface area (Å²) in [6, 6.07) is 16.4. The number of hydrogen-bond donors (Lipinski definition) is 1. The molecular formula is C22H22FN3O. The van der Waals surface area contributed by atoms with Crippen molar-refractivity contribution in [1.82, 2.24) is 15.1 Å². The Kier molecular flexibility index (Phi) is 4.52. The van der Waals surface area contributed by atoms with Crippen molar-refractivity contribution in [3.8, 4) is 5.69 Å². The summed E-state index contributed by atoms with van der Waals surface area (Å²) in [5.41, 5.74) is 5.04. The summed E-state index contributed by atoms with van der Waals surface area (Å²) in [6.45, 7) is 4.45. The molecule has 1 saturated carbocycles. The summed E-state index contributed by atoms with van der Waals surface area (Å²) in [7, 11) is 0. The van der Waals surface area contributed by atoms with E-state index in [-0.39, 0.29) is 23.6 Å². The minimum absolute atomic E-state index is 0.0276. The first-order chi connectivity index (χ1) is 13.0. The zero-order valence-corrected chi connectivity index (χ0v) is 15.4. The van der Waals surface area contributed by atoms with Gasteiger partial charge in [0.2, 0.25) is 5.91 Å². The smallest absolute Gasteiger partial charge is 0.224 e. The summed E-state index contributed by atoms with van der Waals surface area (Å²) < 4.78 is 15.0. The van der Waals surface area contributed by atoms with Crippen LogP contribution in [-0.4, -0.2) is 15.7 Å². The van der Waals surface area contributed by atoms with Gasteiger partial charge in [0.25, 0.3) is 0 Å². The van der Waals surface area contributed by atoms with Crippen LogP contribution in [0.15, 0.2) is 54.6 Å². The van der Waals surface area contributed by atoms with Crippen molar-refractivity contribution >= 4 is 5.91 Å². The van der Waals surface area contributed by atoms with Crippen molar-refractivity contribution in [1.29, 1.82) is 0 Å². The molecule has 1 aliphatic rings. The van der Waals surface area contributed by atoms with Crippen LogP contribution in [-0.2, 0) is 11.3 Å². The van der Waals surface area contributed by atoms with E-state index in [0.29, 0.717) is 6.54 Å². The SMILES string of the molecule is Cc1nn(-c2ccccc2)c(C)c1CNC(=O)C1CC1c1ccc(F)cc1. The first-order valence-electron chi connectivity index (χ1n) is 9.18. The maximum Gasteiger partial charge on any atom is 0.224 e. The number of para-hydroxylation sites is 1. The minimum atomic E-state index is -0.248. The lowest BCUT2D eigenvalue weighted by atomic mass is 10.1. The van der Waals surface area contributed by atoms with E-state index in [1.807, 2.05) is 48.9 Å². The normalized spacial score (nSPS) is 18.3. The summed E-state index contributed by atoms with van der Waals surface area (Å²) in [5, 5.41) is 7.67. The molecule has 1 fully saturated rings. The first-order valence-corrected chi connectivity index (χ1v) is 9.18. The van der Waals surface area contributed by atoms with Crippen LogP contribution in [0.25, 0.3) is 5.69 Å². The van der Waals surface area contributed by atoms with Gasteiger partial charge in [-0.05, 0) is 56.0 Å². The van der Waals surface area contributed by atoms with Gasteiger partial charge in [-0.25, -0.2) is 9.07 Å². The fourth-order valence-corrected chi connectivity index (χ4v) is 3.62. The van der Waals surface area contributed by atoms with Gasteiger partial charge in [-0.3, -0.25) is 4.79 Å². The molecule has 0 bridgehead atoms. The Bertz CT molecular complexity index is 963. The molecule has 2 atom stereocenters. The van der Waals surface area contributed by atoms with Gasteiger partial charge in [-0.1, -0.05) is 30.3 Å². The van der Waals surface area contributed by atoms with Crippen molar-refractivity contribution < 1.29 is 9.18 Å². The lowest BCUT2D eigenvalue weighted by Crippen LogP contribution is -2.25. The monoisotopic (exact) mass is 363 g/mol. The van der Waals surface area contributed by atoms with Crippen LogP contribution in [0.2, 0.25) is 0 Å². The summed E-state index contributed by atoms with van der Waals surface area (Å²) in [6.07, 6.45) is 0.818. The topological polar surface area (TPSA) is 46.9 Å². The van der Waals surface area contributed by atoms with Crippen molar-refractivity contribution in [2.45, 2.75) is 32.7 Å². The number of halogens is 1. The maximum atomic E-state index is 13.0. The van der Waals surface area contributed by atoms with E-state index < -0.39 is 0 Å². The highest BCUT2D eigenvalue weighted by Crippen LogP contribution is 2.47. The molecule has 27 heavy (non-hydrogen) atoms. The number of aromatic nitrogens is 2. The second-order valence-corrected chi connectivity index (χ2v) is 7.11. The van der Waals surface area contributed by atoms with Crippen molar-refractivity contribution in [2.24, 2.45) is 5.92 Å². The molecule has 4 nitrogen and oxygen atoms in total. The number of carbonyl (C=O) groups excluding carboxylic acids is 1. The molecule has 4 rings (SSSR count). The molecule has 3 aromatic rings. The molecule has 5 heteroatoms. The Morgan fingerprint density at radius 2 is 1.85 bits per heavy atom. The van der Waals surface area contributed by atoms with Crippen molar-refractivity contribution in [3.63, 3.8) is 0 Å². The van der Waals surface area contributed by atoms with E-state index in [1.165, 1.54) is 12.1 Å². The summed E-state index contributed by atoms with van der Waals surface area (Å²) in [4.78, 5) is 12.5. The van der Waals surface area contributed by atoms with Crippen LogP contribution in [0.3, 0.4) is 0 Å².